The average molecular weight is 381 g/mol. The van der Waals surface area contributed by atoms with Gasteiger partial charge in [-0.15, -0.1) is 0 Å². The van der Waals surface area contributed by atoms with Crippen LogP contribution in [0, 0.1) is 0 Å². The molecule has 1 aliphatic heterocycles. The van der Waals surface area contributed by atoms with Gasteiger partial charge in [0, 0.05) is 43.1 Å². The number of ether oxygens (including phenoxy) is 1. The number of nitrogens with zero attached hydrogens (tertiary/aromatic N) is 1. The summed E-state index contributed by atoms with van der Waals surface area (Å²) in [5.74, 6) is -0.401. The molecule has 0 saturated carbocycles. The Kier molecular flexibility index (Phi) is 6.89. The Bertz CT molecular complexity index is 782. The fourth-order valence-electron chi connectivity index (χ4n) is 3.29. The maximum absolute atomic E-state index is 12.1. The first-order chi connectivity index (χ1) is 13.7. The lowest BCUT2D eigenvalue weighted by Gasteiger charge is -2.28. The van der Waals surface area contributed by atoms with Crippen molar-refractivity contribution in [2.45, 2.75) is 25.7 Å². The molecule has 148 valence electrons. The number of hydrogen-bond acceptors (Lipinski definition) is 5. The number of piperidine rings is 1. The molecule has 1 fully saturated rings. The Morgan fingerprint density at radius 2 is 1.57 bits per heavy atom. The normalized spacial score (nSPS) is 13.7. The van der Waals surface area contributed by atoms with Crippen LogP contribution in [0.3, 0.4) is 0 Å². The quantitative estimate of drug-likeness (QED) is 0.712. The van der Waals surface area contributed by atoms with E-state index < -0.39 is 0 Å². The Labute approximate surface area is 165 Å². The molecule has 0 atom stereocenters. The van der Waals surface area contributed by atoms with E-state index in [2.05, 4.69) is 32.4 Å². The van der Waals surface area contributed by atoms with Crippen molar-refractivity contribution in [2.75, 3.05) is 42.3 Å². The third-order valence-electron chi connectivity index (χ3n) is 4.86. The first-order valence-electron chi connectivity index (χ1n) is 9.73. The summed E-state index contributed by atoms with van der Waals surface area (Å²) in [6, 6.07) is 15.0. The van der Waals surface area contributed by atoms with Gasteiger partial charge in [-0.05, 0) is 67.8 Å². The lowest BCUT2D eigenvalue weighted by Crippen LogP contribution is -2.29. The van der Waals surface area contributed by atoms with Crippen molar-refractivity contribution in [1.82, 2.24) is 0 Å². The van der Waals surface area contributed by atoms with Crippen LogP contribution in [0.15, 0.2) is 48.5 Å². The number of carbonyl (C=O) groups excluding carboxylic acids is 2. The van der Waals surface area contributed by atoms with E-state index in [4.69, 9.17) is 0 Å². The van der Waals surface area contributed by atoms with Crippen LogP contribution in [-0.2, 0) is 9.53 Å². The SMILES string of the molecule is COC(=O)c1ccc(NCCC(=O)Nc2ccc(N3CCCCC3)cc2)cc1. The van der Waals surface area contributed by atoms with E-state index in [-0.39, 0.29) is 11.9 Å². The van der Waals surface area contributed by atoms with E-state index in [0.29, 0.717) is 18.5 Å². The van der Waals surface area contributed by atoms with Gasteiger partial charge in [-0.2, -0.15) is 0 Å². The molecule has 1 aliphatic rings. The van der Waals surface area contributed by atoms with E-state index in [9.17, 15) is 9.59 Å². The minimum absolute atomic E-state index is 0.0376. The van der Waals surface area contributed by atoms with Crippen LogP contribution in [0.1, 0.15) is 36.0 Å². The summed E-state index contributed by atoms with van der Waals surface area (Å²) in [6.45, 7) is 2.73. The van der Waals surface area contributed by atoms with Gasteiger partial charge in [0.2, 0.25) is 5.91 Å². The lowest BCUT2D eigenvalue weighted by atomic mass is 10.1. The van der Waals surface area contributed by atoms with Crippen LogP contribution in [0.2, 0.25) is 0 Å². The number of benzene rings is 2. The molecule has 0 aliphatic carbocycles. The number of anilines is 3. The smallest absolute Gasteiger partial charge is 0.337 e. The fraction of sp³-hybridized carbons (Fsp3) is 0.364. The number of nitrogens with one attached hydrogen (secondary N) is 2. The second kappa shape index (κ2) is 9.78. The molecule has 0 aromatic heterocycles. The van der Waals surface area contributed by atoms with Crippen LogP contribution in [-0.4, -0.2) is 38.6 Å². The summed E-state index contributed by atoms with van der Waals surface area (Å²) < 4.78 is 4.67. The molecule has 2 aromatic carbocycles. The number of esters is 1. The largest absolute Gasteiger partial charge is 0.465 e. The summed E-state index contributed by atoms with van der Waals surface area (Å²) in [5, 5.41) is 6.11. The Balaban J connectivity index is 1.42. The Hall–Kier alpha value is -3.02. The number of methoxy groups -OCH3 is 1. The molecule has 0 spiro atoms. The molecular formula is C22H27N3O3. The van der Waals surface area contributed by atoms with Crippen molar-refractivity contribution < 1.29 is 14.3 Å². The average Bonchev–Trinajstić information content (AvgIpc) is 2.75. The molecule has 3 rings (SSSR count). The van der Waals surface area contributed by atoms with Crippen LogP contribution in [0.4, 0.5) is 17.1 Å². The first-order valence-corrected chi connectivity index (χ1v) is 9.73. The van der Waals surface area contributed by atoms with Gasteiger partial charge >= 0.3 is 5.97 Å². The van der Waals surface area contributed by atoms with Gasteiger partial charge < -0.3 is 20.3 Å². The van der Waals surface area contributed by atoms with E-state index in [0.717, 1.165) is 24.5 Å². The zero-order chi connectivity index (χ0) is 19.8. The van der Waals surface area contributed by atoms with Crippen molar-refractivity contribution in [3.63, 3.8) is 0 Å². The van der Waals surface area contributed by atoms with Gasteiger partial charge in [-0.1, -0.05) is 0 Å². The van der Waals surface area contributed by atoms with Gasteiger partial charge in [0.15, 0.2) is 0 Å². The monoisotopic (exact) mass is 381 g/mol. The molecule has 0 bridgehead atoms. The zero-order valence-corrected chi connectivity index (χ0v) is 16.2. The van der Waals surface area contributed by atoms with E-state index in [1.165, 1.54) is 32.1 Å². The molecule has 1 amide bonds. The molecule has 0 radical (unpaired) electrons. The maximum Gasteiger partial charge on any atom is 0.337 e. The summed E-state index contributed by atoms with van der Waals surface area (Å²) in [5.41, 5.74) is 3.38. The van der Waals surface area contributed by atoms with Crippen LogP contribution in [0.5, 0.6) is 0 Å². The second-order valence-electron chi connectivity index (χ2n) is 6.89. The highest BCUT2D eigenvalue weighted by Gasteiger charge is 2.11. The number of hydrogen-bond donors (Lipinski definition) is 2. The number of amides is 1. The fourth-order valence-corrected chi connectivity index (χ4v) is 3.29. The molecule has 2 aromatic rings. The Morgan fingerprint density at radius 3 is 2.21 bits per heavy atom. The van der Waals surface area contributed by atoms with Crippen molar-refractivity contribution in [3.05, 3.63) is 54.1 Å². The molecule has 6 heteroatoms. The predicted molar refractivity (Wildman–Crippen MR) is 112 cm³/mol. The van der Waals surface area contributed by atoms with E-state index in [1.807, 2.05) is 12.1 Å². The van der Waals surface area contributed by atoms with Crippen LogP contribution >= 0.6 is 0 Å². The molecule has 1 heterocycles. The zero-order valence-electron chi connectivity index (χ0n) is 16.2. The maximum atomic E-state index is 12.1. The summed E-state index contributed by atoms with van der Waals surface area (Å²) >= 11 is 0. The van der Waals surface area contributed by atoms with Crippen LogP contribution in [0.25, 0.3) is 0 Å². The van der Waals surface area contributed by atoms with Gasteiger partial charge in [0.25, 0.3) is 0 Å². The van der Waals surface area contributed by atoms with Gasteiger partial charge in [0.05, 0.1) is 12.7 Å². The standard InChI is InChI=1S/C22H27N3O3/c1-28-22(27)17-5-7-18(8-6-17)23-14-13-21(26)24-19-9-11-20(12-10-19)25-15-3-2-4-16-25/h5-12,23H,2-4,13-16H2,1H3,(H,24,26). The van der Waals surface area contributed by atoms with Crippen LogP contribution < -0.4 is 15.5 Å². The predicted octanol–water partition coefficient (Wildman–Crippen LogP) is 3.90. The summed E-state index contributed by atoms with van der Waals surface area (Å²) in [7, 11) is 1.36. The van der Waals surface area contributed by atoms with Gasteiger partial charge in [-0.3, -0.25) is 4.79 Å². The third-order valence-corrected chi connectivity index (χ3v) is 4.86. The first kappa shape index (κ1) is 19.7. The lowest BCUT2D eigenvalue weighted by molar-refractivity contribution is -0.115. The van der Waals surface area contributed by atoms with E-state index >= 15 is 0 Å². The van der Waals surface area contributed by atoms with Crippen molar-refractivity contribution in [1.29, 1.82) is 0 Å². The molecule has 2 N–H and O–H groups in total. The van der Waals surface area contributed by atoms with E-state index in [1.54, 1.807) is 24.3 Å². The highest BCUT2D eigenvalue weighted by atomic mass is 16.5. The minimum atomic E-state index is -0.364. The second-order valence-corrected chi connectivity index (χ2v) is 6.89. The minimum Gasteiger partial charge on any atom is -0.465 e. The molecule has 1 saturated heterocycles. The number of carbonyl (C=O) groups is 2. The van der Waals surface area contributed by atoms with Gasteiger partial charge in [0.1, 0.15) is 0 Å². The van der Waals surface area contributed by atoms with Crippen molar-refractivity contribution in [3.8, 4) is 0 Å². The summed E-state index contributed by atoms with van der Waals surface area (Å²) in [6.07, 6.45) is 4.16. The molecule has 6 nitrogen and oxygen atoms in total. The number of rotatable bonds is 7. The highest BCUT2D eigenvalue weighted by molar-refractivity contribution is 5.91. The third kappa shape index (κ3) is 5.49. The topological polar surface area (TPSA) is 70.7 Å². The van der Waals surface area contributed by atoms with Crippen molar-refractivity contribution >= 4 is 28.9 Å². The summed E-state index contributed by atoms with van der Waals surface area (Å²) in [4.78, 5) is 26.0. The van der Waals surface area contributed by atoms with Crippen molar-refractivity contribution in [2.24, 2.45) is 0 Å². The highest BCUT2D eigenvalue weighted by Crippen LogP contribution is 2.21. The molecular weight excluding hydrogens is 354 g/mol. The molecule has 28 heavy (non-hydrogen) atoms. The molecule has 0 unspecified atom stereocenters. The Morgan fingerprint density at radius 1 is 0.929 bits per heavy atom. The van der Waals surface area contributed by atoms with Gasteiger partial charge in [-0.25, -0.2) is 4.79 Å².